The molecule has 0 unspecified atom stereocenters. The lowest BCUT2D eigenvalue weighted by Crippen LogP contribution is -2.04. The predicted octanol–water partition coefficient (Wildman–Crippen LogP) is 5.24. The van der Waals surface area contributed by atoms with Crippen LogP contribution in [0, 0.1) is 4.64 Å². The second-order valence-corrected chi connectivity index (χ2v) is 6.22. The molecule has 0 aliphatic rings. The van der Waals surface area contributed by atoms with Crippen LogP contribution < -0.4 is 0 Å². The lowest BCUT2D eigenvalue weighted by Gasteiger charge is -2.14. The molecule has 5 heteroatoms. The second-order valence-electron chi connectivity index (χ2n) is 4.21. The molecule has 20 heavy (non-hydrogen) atoms. The summed E-state index contributed by atoms with van der Waals surface area (Å²) >= 11 is 10.9. The van der Waals surface area contributed by atoms with E-state index in [1.165, 1.54) is 0 Å². The van der Waals surface area contributed by atoms with Gasteiger partial charge >= 0.3 is 0 Å². The molecule has 0 fully saturated rings. The highest BCUT2D eigenvalue weighted by Gasteiger charge is 2.11. The van der Waals surface area contributed by atoms with E-state index in [1.54, 1.807) is 11.8 Å². The molecule has 0 bridgehead atoms. The van der Waals surface area contributed by atoms with Gasteiger partial charge in [-0.15, -0.1) is 0 Å². The molecule has 0 aliphatic carbocycles. The van der Waals surface area contributed by atoms with Gasteiger partial charge in [-0.25, -0.2) is 4.98 Å². The first kappa shape index (κ1) is 13.8. The molecule has 0 amide bonds. The molecule has 0 N–H and O–H groups in total. The van der Waals surface area contributed by atoms with Crippen molar-refractivity contribution in [1.29, 1.82) is 0 Å². The van der Waals surface area contributed by atoms with Crippen LogP contribution in [-0.4, -0.2) is 15.8 Å². The van der Waals surface area contributed by atoms with E-state index in [9.17, 15) is 0 Å². The van der Waals surface area contributed by atoms with Crippen LogP contribution >= 0.6 is 39.9 Å². The van der Waals surface area contributed by atoms with E-state index in [-0.39, 0.29) is 0 Å². The van der Waals surface area contributed by atoms with Crippen molar-refractivity contribution in [3.8, 4) is 5.69 Å². The fourth-order valence-electron chi connectivity index (χ4n) is 2.09. The number of thioether (sulfide) groups is 1. The Morgan fingerprint density at radius 1 is 1.10 bits per heavy atom. The maximum absolute atomic E-state index is 5.68. The van der Waals surface area contributed by atoms with Crippen LogP contribution in [0.3, 0.4) is 0 Å². The topological polar surface area (TPSA) is 17.8 Å². The summed E-state index contributed by atoms with van der Waals surface area (Å²) in [5.74, 6) is 0. The van der Waals surface area contributed by atoms with Crippen molar-refractivity contribution >= 4 is 50.8 Å². The Hall–Kier alpha value is -1.17. The molecule has 0 atom stereocenters. The van der Waals surface area contributed by atoms with Gasteiger partial charge in [0.25, 0.3) is 0 Å². The first-order valence-electron chi connectivity index (χ1n) is 6.03. The smallest absolute Gasteiger partial charge is 0.174 e. The maximum Gasteiger partial charge on any atom is 0.174 e. The predicted molar refractivity (Wildman–Crippen MR) is 91.4 cm³/mol. The van der Waals surface area contributed by atoms with Crippen LogP contribution in [0.25, 0.3) is 16.6 Å². The van der Waals surface area contributed by atoms with Crippen molar-refractivity contribution in [2.75, 3.05) is 6.26 Å². The van der Waals surface area contributed by atoms with Gasteiger partial charge in [-0.1, -0.05) is 48.2 Å². The molecular weight excluding hydrogens is 352 g/mol. The molecule has 1 heterocycles. The molecule has 1 aromatic heterocycles. The van der Waals surface area contributed by atoms with E-state index < -0.39 is 0 Å². The zero-order valence-electron chi connectivity index (χ0n) is 10.7. The minimum Gasteiger partial charge on any atom is -0.278 e. The third-order valence-corrected chi connectivity index (χ3v) is 4.73. The van der Waals surface area contributed by atoms with Crippen LogP contribution in [0.5, 0.6) is 0 Å². The minimum absolute atomic E-state index is 0.784. The van der Waals surface area contributed by atoms with Crippen LogP contribution in [-0.2, 0) is 0 Å². The zero-order chi connectivity index (χ0) is 14.1. The number of rotatable bonds is 2. The van der Waals surface area contributed by atoms with Gasteiger partial charge in [0.2, 0.25) is 0 Å². The van der Waals surface area contributed by atoms with Crippen LogP contribution in [0.2, 0.25) is 0 Å². The highest BCUT2D eigenvalue weighted by molar-refractivity contribution is 9.10. The third kappa shape index (κ3) is 2.30. The number of fused-ring (bicyclic) bond motifs is 1. The van der Waals surface area contributed by atoms with Crippen LogP contribution in [0.1, 0.15) is 0 Å². The SMILES string of the molecule is CSc1nc2ccccc2c(=S)n1-c1ccccc1Br. The fourth-order valence-corrected chi connectivity index (χ4v) is 3.53. The molecule has 3 aromatic rings. The van der Waals surface area contributed by atoms with E-state index >= 15 is 0 Å². The van der Waals surface area contributed by atoms with E-state index in [0.717, 1.165) is 30.9 Å². The average molecular weight is 363 g/mol. The van der Waals surface area contributed by atoms with Crippen LogP contribution in [0.4, 0.5) is 0 Å². The van der Waals surface area contributed by atoms with Crippen molar-refractivity contribution in [1.82, 2.24) is 9.55 Å². The Morgan fingerprint density at radius 2 is 1.80 bits per heavy atom. The number of para-hydroxylation sites is 2. The van der Waals surface area contributed by atoms with Gasteiger partial charge in [0.05, 0.1) is 11.2 Å². The monoisotopic (exact) mass is 362 g/mol. The van der Waals surface area contributed by atoms with Crippen molar-refractivity contribution in [3.63, 3.8) is 0 Å². The molecule has 2 aromatic carbocycles. The van der Waals surface area contributed by atoms with E-state index in [4.69, 9.17) is 17.2 Å². The number of aromatic nitrogens is 2. The van der Waals surface area contributed by atoms with E-state index in [2.05, 4.69) is 15.9 Å². The standard InChI is InChI=1S/C15H11BrN2S2/c1-20-15-17-12-8-4-2-6-10(12)14(19)18(15)13-9-5-3-7-11(13)16/h2-9H,1H3. The number of nitrogens with zero attached hydrogens (tertiary/aromatic N) is 2. The highest BCUT2D eigenvalue weighted by Crippen LogP contribution is 2.28. The summed E-state index contributed by atoms with van der Waals surface area (Å²) in [6, 6.07) is 16.0. The number of benzene rings is 2. The fraction of sp³-hybridized carbons (Fsp3) is 0.0667. The Morgan fingerprint density at radius 3 is 2.55 bits per heavy atom. The molecule has 2 nitrogen and oxygen atoms in total. The molecule has 0 spiro atoms. The molecule has 0 aliphatic heterocycles. The first-order chi connectivity index (χ1) is 9.72. The Balaban J connectivity index is 2.43. The largest absolute Gasteiger partial charge is 0.278 e. The quantitative estimate of drug-likeness (QED) is 0.352. The van der Waals surface area contributed by atoms with Crippen LogP contribution in [0.15, 0.2) is 58.2 Å². The number of hydrogen-bond acceptors (Lipinski definition) is 3. The Labute approximate surface area is 135 Å². The number of hydrogen-bond donors (Lipinski definition) is 0. The van der Waals surface area contributed by atoms with Crippen molar-refractivity contribution in [3.05, 3.63) is 57.6 Å². The molecule has 0 saturated heterocycles. The van der Waals surface area contributed by atoms with E-state index in [1.807, 2.05) is 59.4 Å². The Bertz CT molecular complexity index is 843. The van der Waals surface area contributed by atoms with Crippen molar-refractivity contribution in [2.45, 2.75) is 5.16 Å². The summed E-state index contributed by atoms with van der Waals surface area (Å²) in [6.07, 6.45) is 2.01. The first-order valence-corrected chi connectivity index (χ1v) is 8.45. The number of halogens is 1. The van der Waals surface area contributed by atoms with Gasteiger partial charge in [-0.2, -0.15) is 0 Å². The molecule has 0 saturated carbocycles. The summed E-state index contributed by atoms with van der Waals surface area (Å²) in [7, 11) is 0. The molecule has 100 valence electrons. The summed E-state index contributed by atoms with van der Waals surface area (Å²) in [5.41, 5.74) is 1.95. The zero-order valence-corrected chi connectivity index (χ0v) is 13.9. The Kier molecular flexibility index (Phi) is 3.92. The lowest BCUT2D eigenvalue weighted by atomic mass is 10.2. The molecular formula is C15H11BrN2S2. The normalized spacial score (nSPS) is 10.9. The maximum atomic E-state index is 5.68. The average Bonchev–Trinajstić information content (AvgIpc) is 2.48. The molecule has 0 radical (unpaired) electrons. The second kappa shape index (κ2) is 5.68. The summed E-state index contributed by atoms with van der Waals surface area (Å²) in [4.78, 5) is 4.71. The summed E-state index contributed by atoms with van der Waals surface area (Å²) in [6.45, 7) is 0. The third-order valence-electron chi connectivity index (χ3n) is 3.02. The van der Waals surface area contributed by atoms with Gasteiger partial charge in [0, 0.05) is 9.86 Å². The highest BCUT2D eigenvalue weighted by atomic mass is 79.9. The van der Waals surface area contributed by atoms with Gasteiger partial charge in [-0.3, -0.25) is 4.57 Å². The van der Waals surface area contributed by atoms with Crippen molar-refractivity contribution in [2.24, 2.45) is 0 Å². The van der Waals surface area contributed by atoms with Crippen molar-refractivity contribution < 1.29 is 0 Å². The summed E-state index contributed by atoms with van der Waals surface area (Å²) in [5, 5.41) is 1.89. The van der Waals surface area contributed by atoms with Gasteiger partial charge < -0.3 is 0 Å². The minimum atomic E-state index is 0.784. The summed E-state index contributed by atoms with van der Waals surface area (Å²) < 4.78 is 3.81. The van der Waals surface area contributed by atoms with Gasteiger partial charge in [0.15, 0.2) is 5.16 Å². The lowest BCUT2D eigenvalue weighted by molar-refractivity contribution is 0.837. The van der Waals surface area contributed by atoms with Gasteiger partial charge in [0.1, 0.15) is 4.64 Å². The van der Waals surface area contributed by atoms with E-state index in [0.29, 0.717) is 0 Å². The molecule has 3 rings (SSSR count). The van der Waals surface area contributed by atoms with Gasteiger partial charge in [-0.05, 0) is 46.5 Å².